The highest BCUT2D eigenvalue weighted by Gasteiger charge is 2.26. The fraction of sp³-hybridized carbons (Fsp3) is 0.800. The third-order valence-corrected chi connectivity index (χ3v) is 1.07. The second-order valence-electron chi connectivity index (χ2n) is 2.01. The van der Waals surface area contributed by atoms with E-state index in [9.17, 15) is 4.79 Å². The van der Waals surface area contributed by atoms with Crippen LogP contribution in [0.3, 0.4) is 0 Å². The molecule has 0 amide bonds. The maximum atomic E-state index is 9.92. The summed E-state index contributed by atoms with van der Waals surface area (Å²) in [6.45, 7) is 1.19. The van der Waals surface area contributed by atoms with Crippen molar-refractivity contribution in [2.24, 2.45) is 0 Å². The molecule has 0 heterocycles. The van der Waals surface area contributed by atoms with Crippen LogP contribution in [0.2, 0.25) is 0 Å². The molecule has 0 radical (unpaired) electrons. The second kappa shape index (κ2) is 3.50. The molecule has 0 unspecified atom stereocenters. The van der Waals surface area contributed by atoms with E-state index in [0.717, 1.165) is 0 Å². The SMILES string of the molecule is C[C@@H](O)[C@H](O)[C@H](O)C(=O)O. The molecule has 5 nitrogen and oxygen atoms in total. The summed E-state index contributed by atoms with van der Waals surface area (Å²) < 4.78 is 0. The van der Waals surface area contributed by atoms with Crippen LogP contribution in [0.5, 0.6) is 0 Å². The molecule has 0 aliphatic carbocycles. The Morgan fingerprint density at radius 3 is 1.80 bits per heavy atom. The molecule has 0 aromatic heterocycles. The van der Waals surface area contributed by atoms with Gasteiger partial charge in [-0.2, -0.15) is 0 Å². The lowest BCUT2D eigenvalue weighted by atomic mass is 10.1. The predicted octanol–water partition coefficient (Wildman–Crippen LogP) is -1.83. The van der Waals surface area contributed by atoms with E-state index in [1.54, 1.807) is 0 Å². The first-order chi connectivity index (χ1) is 4.46. The van der Waals surface area contributed by atoms with Crippen molar-refractivity contribution < 1.29 is 25.2 Å². The maximum absolute atomic E-state index is 9.92. The summed E-state index contributed by atoms with van der Waals surface area (Å²) in [4.78, 5) is 9.92. The van der Waals surface area contributed by atoms with E-state index in [1.807, 2.05) is 0 Å². The van der Waals surface area contributed by atoms with Gasteiger partial charge in [-0.05, 0) is 6.92 Å². The van der Waals surface area contributed by atoms with E-state index in [4.69, 9.17) is 20.4 Å². The average molecular weight is 150 g/mol. The van der Waals surface area contributed by atoms with Crippen molar-refractivity contribution in [3.05, 3.63) is 0 Å². The van der Waals surface area contributed by atoms with Crippen molar-refractivity contribution in [3.8, 4) is 0 Å². The van der Waals surface area contributed by atoms with Gasteiger partial charge >= 0.3 is 5.97 Å². The number of aliphatic hydroxyl groups is 3. The highest BCUT2D eigenvalue weighted by molar-refractivity contribution is 5.72. The molecule has 3 atom stereocenters. The minimum absolute atomic E-state index is 1.19. The van der Waals surface area contributed by atoms with Gasteiger partial charge in [0.25, 0.3) is 0 Å². The van der Waals surface area contributed by atoms with Gasteiger partial charge in [0.05, 0.1) is 6.10 Å². The molecule has 0 aliphatic heterocycles. The van der Waals surface area contributed by atoms with Crippen LogP contribution in [-0.2, 0) is 4.79 Å². The van der Waals surface area contributed by atoms with Crippen LogP contribution in [0, 0.1) is 0 Å². The summed E-state index contributed by atoms with van der Waals surface area (Å²) in [5.74, 6) is -1.55. The zero-order chi connectivity index (χ0) is 8.31. The Bertz CT molecular complexity index is 121. The van der Waals surface area contributed by atoms with Gasteiger partial charge in [-0.15, -0.1) is 0 Å². The van der Waals surface area contributed by atoms with E-state index in [0.29, 0.717) is 0 Å². The Morgan fingerprint density at radius 2 is 1.70 bits per heavy atom. The molecular weight excluding hydrogens is 140 g/mol. The molecular formula is C5H10O5. The van der Waals surface area contributed by atoms with Gasteiger partial charge in [-0.3, -0.25) is 0 Å². The Labute approximate surface area is 57.5 Å². The maximum Gasteiger partial charge on any atom is 0.335 e. The minimum atomic E-state index is -1.92. The largest absolute Gasteiger partial charge is 0.479 e. The summed E-state index contributed by atoms with van der Waals surface area (Å²) in [6.07, 6.45) is -4.79. The fourth-order valence-corrected chi connectivity index (χ4v) is 0.410. The van der Waals surface area contributed by atoms with Gasteiger partial charge in [-0.25, -0.2) is 4.79 Å². The normalized spacial score (nSPS) is 19.6. The summed E-state index contributed by atoms with van der Waals surface area (Å²) >= 11 is 0. The molecule has 0 saturated heterocycles. The van der Waals surface area contributed by atoms with Crippen molar-refractivity contribution >= 4 is 5.97 Å². The van der Waals surface area contributed by atoms with E-state index in [1.165, 1.54) is 6.92 Å². The van der Waals surface area contributed by atoms with Gasteiger partial charge in [0.2, 0.25) is 0 Å². The first kappa shape index (κ1) is 9.35. The van der Waals surface area contributed by atoms with Crippen LogP contribution >= 0.6 is 0 Å². The second-order valence-corrected chi connectivity index (χ2v) is 2.01. The van der Waals surface area contributed by atoms with Crippen molar-refractivity contribution in [1.82, 2.24) is 0 Å². The molecule has 0 aromatic rings. The van der Waals surface area contributed by atoms with Crippen LogP contribution in [-0.4, -0.2) is 44.7 Å². The molecule has 4 N–H and O–H groups in total. The van der Waals surface area contributed by atoms with Crippen LogP contribution in [0.1, 0.15) is 6.92 Å². The average Bonchev–Trinajstić information content (AvgIpc) is 1.84. The van der Waals surface area contributed by atoms with E-state index in [-0.39, 0.29) is 0 Å². The first-order valence-electron chi connectivity index (χ1n) is 2.74. The Balaban J connectivity index is 3.94. The standard InChI is InChI=1S/C5H10O5/c1-2(6)3(7)4(8)5(9)10/h2-4,6-8H,1H3,(H,9,10)/t2-,3+,4+/m1/s1. The number of aliphatic carboxylic acids is 1. The number of carboxylic acids is 1. The summed E-state index contributed by atoms with van der Waals surface area (Å²) in [6, 6.07) is 0. The monoisotopic (exact) mass is 150 g/mol. The first-order valence-corrected chi connectivity index (χ1v) is 2.74. The highest BCUT2D eigenvalue weighted by atomic mass is 16.4. The van der Waals surface area contributed by atoms with Gasteiger partial charge in [0, 0.05) is 0 Å². The fourth-order valence-electron chi connectivity index (χ4n) is 0.410. The molecule has 0 fully saturated rings. The highest BCUT2D eigenvalue weighted by Crippen LogP contribution is 1.98. The molecule has 0 spiro atoms. The third kappa shape index (κ3) is 2.30. The Morgan fingerprint density at radius 1 is 1.30 bits per heavy atom. The van der Waals surface area contributed by atoms with Gasteiger partial charge in [0.15, 0.2) is 6.10 Å². The lowest BCUT2D eigenvalue weighted by molar-refractivity contribution is -0.157. The summed E-state index contributed by atoms with van der Waals surface area (Å²) in [7, 11) is 0. The number of carboxylic acid groups (broad SMARTS) is 1. The molecule has 0 rings (SSSR count). The molecule has 0 saturated carbocycles. The topological polar surface area (TPSA) is 98.0 Å². The summed E-state index contributed by atoms with van der Waals surface area (Å²) in [5.41, 5.74) is 0. The lowest BCUT2D eigenvalue weighted by Crippen LogP contribution is -2.40. The van der Waals surface area contributed by atoms with Crippen molar-refractivity contribution in [2.75, 3.05) is 0 Å². The molecule has 10 heavy (non-hydrogen) atoms. The Kier molecular flexibility index (Phi) is 3.27. The van der Waals surface area contributed by atoms with E-state index < -0.39 is 24.3 Å². The number of hydrogen-bond donors (Lipinski definition) is 4. The van der Waals surface area contributed by atoms with Crippen LogP contribution in [0.4, 0.5) is 0 Å². The number of rotatable bonds is 3. The molecule has 0 aliphatic rings. The van der Waals surface area contributed by atoms with E-state index in [2.05, 4.69) is 0 Å². The van der Waals surface area contributed by atoms with Crippen LogP contribution in [0.25, 0.3) is 0 Å². The molecule has 60 valence electrons. The Hall–Kier alpha value is -0.650. The zero-order valence-electron chi connectivity index (χ0n) is 5.43. The third-order valence-electron chi connectivity index (χ3n) is 1.07. The number of hydrogen-bond acceptors (Lipinski definition) is 4. The minimum Gasteiger partial charge on any atom is -0.479 e. The van der Waals surface area contributed by atoms with Crippen LogP contribution < -0.4 is 0 Å². The van der Waals surface area contributed by atoms with Crippen molar-refractivity contribution in [2.45, 2.75) is 25.2 Å². The van der Waals surface area contributed by atoms with Crippen molar-refractivity contribution in [3.63, 3.8) is 0 Å². The molecule has 5 heteroatoms. The van der Waals surface area contributed by atoms with Gasteiger partial charge in [-0.1, -0.05) is 0 Å². The van der Waals surface area contributed by atoms with Crippen molar-refractivity contribution in [1.29, 1.82) is 0 Å². The molecule has 0 aromatic carbocycles. The molecule has 0 bridgehead atoms. The quantitative estimate of drug-likeness (QED) is 0.379. The lowest BCUT2D eigenvalue weighted by Gasteiger charge is -2.15. The summed E-state index contributed by atoms with van der Waals surface area (Å²) in [5, 5.41) is 33.9. The van der Waals surface area contributed by atoms with Crippen LogP contribution in [0.15, 0.2) is 0 Å². The van der Waals surface area contributed by atoms with Gasteiger partial charge < -0.3 is 20.4 Å². The predicted molar refractivity (Wildman–Crippen MR) is 31.3 cm³/mol. The number of aliphatic hydroxyl groups excluding tert-OH is 3. The van der Waals surface area contributed by atoms with E-state index >= 15 is 0 Å². The smallest absolute Gasteiger partial charge is 0.335 e. The number of carbonyl (C=O) groups is 1. The van der Waals surface area contributed by atoms with Gasteiger partial charge in [0.1, 0.15) is 6.10 Å². The zero-order valence-corrected chi connectivity index (χ0v) is 5.43.